The average molecular weight is 250 g/mol. The monoisotopic (exact) mass is 250 g/mol. The van der Waals surface area contributed by atoms with Crippen molar-refractivity contribution >= 4 is 0 Å². The lowest BCUT2D eigenvalue weighted by Gasteiger charge is -2.10. The minimum absolute atomic E-state index is 0.104. The molecule has 2 aromatic rings. The van der Waals surface area contributed by atoms with Gasteiger partial charge in [0.2, 0.25) is 0 Å². The lowest BCUT2D eigenvalue weighted by atomic mass is 10.1. The molecule has 2 aromatic carbocycles. The van der Waals surface area contributed by atoms with Gasteiger partial charge in [-0.3, -0.25) is 0 Å². The Balaban J connectivity index is 1.74. The van der Waals surface area contributed by atoms with Crippen molar-refractivity contribution in [2.24, 2.45) is 5.73 Å². The van der Waals surface area contributed by atoms with Crippen LogP contribution in [0.3, 0.4) is 0 Å². The first kappa shape index (κ1) is 11.8. The summed E-state index contributed by atoms with van der Waals surface area (Å²) < 4.78 is 5.72. The van der Waals surface area contributed by atoms with Gasteiger partial charge < -0.3 is 10.5 Å². The number of rotatable bonds is 3. The van der Waals surface area contributed by atoms with Gasteiger partial charge >= 0.3 is 0 Å². The van der Waals surface area contributed by atoms with Crippen LogP contribution in [-0.2, 0) is 5.54 Å². The van der Waals surface area contributed by atoms with Crippen LogP contribution in [0.1, 0.15) is 24.0 Å². The quantitative estimate of drug-likeness (QED) is 0.909. The molecule has 0 heterocycles. The fourth-order valence-corrected chi connectivity index (χ4v) is 2.01. The summed E-state index contributed by atoms with van der Waals surface area (Å²) in [6.45, 7) is 0. The Bertz CT molecular complexity index is 619. The number of nitrogens with zero attached hydrogens (tertiary/aromatic N) is 1. The highest BCUT2D eigenvalue weighted by Crippen LogP contribution is 2.43. The van der Waals surface area contributed by atoms with Crippen molar-refractivity contribution in [3.63, 3.8) is 0 Å². The second kappa shape index (κ2) is 4.42. The molecule has 0 saturated heterocycles. The van der Waals surface area contributed by atoms with Crippen LogP contribution in [0.15, 0.2) is 48.5 Å². The van der Waals surface area contributed by atoms with Crippen LogP contribution in [0, 0.1) is 11.3 Å². The van der Waals surface area contributed by atoms with Crippen molar-refractivity contribution in [3.05, 3.63) is 59.7 Å². The highest BCUT2D eigenvalue weighted by atomic mass is 16.5. The Morgan fingerprint density at radius 2 is 1.47 bits per heavy atom. The molecule has 1 aliphatic carbocycles. The molecule has 1 fully saturated rings. The van der Waals surface area contributed by atoms with Crippen molar-refractivity contribution in [1.82, 2.24) is 0 Å². The summed E-state index contributed by atoms with van der Waals surface area (Å²) in [5.41, 5.74) is 7.82. The number of hydrogen-bond acceptors (Lipinski definition) is 3. The number of hydrogen-bond donors (Lipinski definition) is 1. The van der Waals surface area contributed by atoms with E-state index in [2.05, 4.69) is 6.07 Å². The van der Waals surface area contributed by atoms with Crippen LogP contribution in [0.5, 0.6) is 11.5 Å². The van der Waals surface area contributed by atoms with Gasteiger partial charge in [0.15, 0.2) is 0 Å². The van der Waals surface area contributed by atoms with E-state index in [0.29, 0.717) is 5.56 Å². The van der Waals surface area contributed by atoms with Gasteiger partial charge in [-0.2, -0.15) is 5.26 Å². The van der Waals surface area contributed by atoms with Gasteiger partial charge in [0.05, 0.1) is 11.6 Å². The summed E-state index contributed by atoms with van der Waals surface area (Å²) in [5.74, 6) is 1.50. The summed E-state index contributed by atoms with van der Waals surface area (Å²) in [5, 5.41) is 8.73. The van der Waals surface area contributed by atoms with E-state index < -0.39 is 0 Å². The van der Waals surface area contributed by atoms with Gasteiger partial charge in [0.25, 0.3) is 0 Å². The van der Waals surface area contributed by atoms with E-state index in [4.69, 9.17) is 15.7 Å². The molecule has 0 unspecified atom stereocenters. The van der Waals surface area contributed by atoms with E-state index in [1.54, 1.807) is 24.3 Å². The van der Waals surface area contributed by atoms with E-state index >= 15 is 0 Å². The second-order valence-electron chi connectivity index (χ2n) is 4.92. The fourth-order valence-electron chi connectivity index (χ4n) is 2.01. The maximum atomic E-state index is 8.73. The van der Waals surface area contributed by atoms with Gasteiger partial charge in [-0.15, -0.1) is 0 Å². The predicted molar refractivity (Wildman–Crippen MR) is 72.8 cm³/mol. The Labute approximate surface area is 112 Å². The van der Waals surface area contributed by atoms with E-state index in [9.17, 15) is 0 Å². The van der Waals surface area contributed by atoms with Crippen molar-refractivity contribution < 1.29 is 4.74 Å². The second-order valence-corrected chi connectivity index (χ2v) is 4.92. The lowest BCUT2D eigenvalue weighted by molar-refractivity contribution is 0.482. The summed E-state index contributed by atoms with van der Waals surface area (Å²) in [7, 11) is 0. The maximum Gasteiger partial charge on any atom is 0.127 e. The van der Waals surface area contributed by atoms with E-state index in [1.807, 2.05) is 24.3 Å². The van der Waals surface area contributed by atoms with E-state index in [0.717, 1.165) is 24.3 Å². The maximum absolute atomic E-state index is 8.73. The van der Waals surface area contributed by atoms with Crippen LogP contribution in [0.25, 0.3) is 0 Å². The van der Waals surface area contributed by atoms with Crippen LogP contribution in [0.2, 0.25) is 0 Å². The molecule has 0 spiro atoms. The SMILES string of the molecule is N#Cc1ccc(Oc2ccc(C3(N)CC3)cc2)cc1. The molecule has 19 heavy (non-hydrogen) atoms. The smallest absolute Gasteiger partial charge is 0.127 e. The number of nitrogens with two attached hydrogens (primary N) is 1. The first-order valence-corrected chi connectivity index (χ1v) is 6.27. The van der Waals surface area contributed by atoms with Crippen molar-refractivity contribution in [2.45, 2.75) is 18.4 Å². The van der Waals surface area contributed by atoms with Crippen LogP contribution in [0.4, 0.5) is 0 Å². The molecule has 0 radical (unpaired) electrons. The average Bonchev–Trinajstić information content (AvgIpc) is 3.20. The molecule has 0 amide bonds. The zero-order chi connectivity index (χ0) is 13.3. The molecular weight excluding hydrogens is 236 g/mol. The Morgan fingerprint density at radius 1 is 0.947 bits per heavy atom. The third-order valence-corrected chi connectivity index (χ3v) is 3.44. The normalized spacial score (nSPS) is 15.6. The topological polar surface area (TPSA) is 59.0 Å². The molecule has 3 heteroatoms. The number of benzene rings is 2. The van der Waals surface area contributed by atoms with Gasteiger partial charge in [-0.1, -0.05) is 12.1 Å². The van der Waals surface area contributed by atoms with Crippen LogP contribution < -0.4 is 10.5 Å². The van der Waals surface area contributed by atoms with E-state index in [1.165, 1.54) is 5.56 Å². The van der Waals surface area contributed by atoms with Gasteiger partial charge in [-0.25, -0.2) is 0 Å². The Hall–Kier alpha value is -2.31. The minimum Gasteiger partial charge on any atom is -0.457 e. The van der Waals surface area contributed by atoms with Crippen LogP contribution >= 0.6 is 0 Å². The largest absolute Gasteiger partial charge is 0.457 e. The molecule has 0 bridgehead atoms. The van der Waals surface area contributed by atoms with Crippen molar-refractivity contribution in [3.8, 4) is 17.6 Å². The highest BCUT2D eigenvalue weighted by Gasteiger charge is 2.39. The summed E-state index contributed by atoms with van der Waals surface area (Å²) in [6, 6.07) is 17.0. The zero-order valence-electron chi connectivity index (χ0n) is 10.5. The lowest BCUT2D eigenvalue weighted by Crippen LogP contribution is -2.18. The minimum atomic E-state index is -0.104. The first-order valence-electron chi connectivity index (χ1n) is 6.27. The van der Waals surface area contributed by atoms with Crippen LogP contribution in [-0.4, -0.2) is 0 Å². The highest BCUT2D eigenvalue weighted by molar-refractivity contribution is 5.39. The Kier molecular flexibility index (Phi) is 2.73. The van der Waals surface area contributed by atoms with E-state index in [-0.39, 0.29) is 5.54 Å². The molecule has 3 rings (SSSR count). The van der Waals surface area contributed by atoms with Gasteiger partial charge in [0, 0.05) is 5.54 Å². The third kappa shape index (κ3) is 2.44. The molecule has 3 nitrogen and oxygen atoms in total. The molecule has 94 valence electrons. The van der Waals surface area contributed by atoms with Gasteiger partial charge in [-0.05, 0) is 54.8 Å². The van der Waals surface area contributed by atoms with Crippen molar-refractivity contribution in [1.29, 1.82) is 5.26 Å². The number of ether oxygens (including phenoxy) is 1. The molecule has 2 N–H and O–H groups in total. The predicted octanol–water partition coefficient (Wildman–Crippen LogP) is 3.30. The number of nitriles is 1. The molecule has 1 saturated carbocycles. The van der Waals surface area contributed by atoms with Gasteiger partial charge in [0.1, 0.15) is 11.5 Å². The summed E-state index contributed by atoms with van der Waals surface area (Å²) >= 11 is 0. The zero-order valence-corrected chi connectivity index (χ0v) is 10.5. The molecule has 0 aromatic heterocycles. The molecule has 0 atom stereocenters. The first-order chi connectivity index (χ1) is 9.19. The summed E-state index contributed by atoms with van der Waals surface area (Å²) in [4.78, 5) is 0. The van der Waals surface area contributed by atoms with Crippen molar-refractivity contribution in [2.75, 3.05) is 0 Å². The molecule has 1 aliphatic rings. The fraction of sp³-hybridized carbons (Fsp3) is 0.188. The molecule has 0 aliphatic heterocycles. The summed E-state index contributed by atoms with van der Waals surface area (Å²) in [6.07, 6.45) is 2.12. The third-order valence-electron chi connectivity index (χ3n) is 3.44. The molecular formula is C16H14N2O. The standard InChI is InChI=1S/C16H14N2O/c17-11-12-1-5-14(6-2-12)19-15-7-3-13(4-8-15)16(18)9-10-16/h1-8H,9-10,18H2. The Morgan fingerprint density at radius 3 is 1.95 bits per heavy atom.